The summed E-state index contributed by atoms with van der Waals surface area (Å²) in [7, 11) is 2.17. The summed E-state index contributed by atoms with van der Waals surface area (Å²) >= 11 is 7.93. The number of nitrogens with one attached hydrogen (secondary N) is 2. The number of nitrogens with zero attached hydrogens (tertiary/aromatic N) is 3. The summed E-state index contributed by atoms with van der Waals surface area (Å²) in [5.41, 5.74) is 2.04. The summed E-state index contributed by atoms with van der Waals surface area (Å²) in [6.45, 7) is 4.36. The summed E-state index contributed by atoms with van der Waals surface area (Å²) in [5.74, 6) is 0.191. The molecule has 0 aromatic carbocycles. The van der Waals surface area contributed by atoms with E-state index in [9.17, 15) is 19.5 Å². The van der Waals surface area contributed by atoms with Gasteiger partial charge in [-0.15, -0.1) is 0 Å². The Bertz CT molecular complexity index is 1460. The van der Waals surface area contributed by atoms with Gasteiger partial charge in [0.15, 0.2) is 5.88 Å². The number of piperidine rings is 1. The van der Waals surface area contributed by atoms with Crippen LogP contribution < -0.4 is 21.2 Å². The Labute approximate surface area is 248 Å². The molecule has 12 heteroatoms. The number of rotatable bonds is 8. The van der Waals surface area contributed by atoms with Crippen LogP contribution in [-0.4, -0.2) is 79.3 Å². The molecule has 2 aromatic rings. The van der Waals surface area contributed by atoms with Crippen LogP contribution in [0, 0.1) is 12.8 Å². The normalized spacial score (nSPS) is 29.3. The number of aryl methyl sites for hydroxylation is 2. The van der Waals surface area contributed by atoms with Gasteiger partial charge >= 0.3 is 5.97 Å². The first kappa shape index (κ1) is 28.8. The molecule has 5 unspecified atom stereocenters. The summed E-state index contributed by atoms with van der Waals surface area (Å²) in [5, 5.41) is 13.3. The number of hydrogen-bond acceptors (Lipinski definition) is 8. The van der Waals surface area contributed by atoms with Crippen LogP contribution in [0.25, 0.3) is 0 Å². The largest absolute Gasteiger partial charge is 0.481 e. The Morgan fingerprint density at radius 2 is 2.07 bits per heavy atom. The SMILES string of the molecule is Cc1nc2c(c(=O)n1CCOc1[nH]c(=O)c(Cl)cc1C1CC(C)NC3C(C(=O)O)CSC13)C[C@@H](N(C)C1CC1)CC2. The predicted molar refractivity (Wildman–Crippen MR) is 159 cm³/mol. The van der Waals surface area contributed by atoms with Gasteiger partial charge < -0.3 is 20.1 Å². The van der Waals surface area contributed by atoms with Crippen molar-refractivity contribution in [3.8, 4) is 5.88 Å². The molecule has 2 saturated heterocycles. The van der Waals surface area contributed by atoms with Crippen molar-refractivity contribution >= 4 is 29.3 Å². The number of H-pyrrole nitrogens is 1. The number of halogens is 1. The van der Waals surface area contributed by atoms with Crippen LogP contribution in [0.15, 0.2) is 15.7 Å². The predicted octanol–water partition coefficient (Wildman–Crippen LogP) is 2.57. The van der Waals surface area contributed by atoms with Crippen LogP contribution in [0.4, 0.5) is 0 Å². The third-order valence-corrected chi connectivity index (χ3v) is 11.2. The van der Waals surface area contributed by atoms with E-state index < -0.39 is 17.4 Å². The van der Waals surface area contributed by atoms with E-state index in [2.05, 4.69) is 22.2 Å². The highest BCUT2D eigenvalue weighted by molar-refractivity contribution is 8.00. The van der Waals surface area contributed by atoms with Crippen molar-refractivity contribution in [1.29, 1.82) is 0 Å². The van der Waals surface area contributed by atoms with E-state index in [0.29, 0.717) is 36.1 Å². The molecule has 0 bridgehead atoms. The quantitative estimate of drug-likeness (QED) is 0.417. The molecule has 6 atom stereocenters. The van der Waals surface area contributed by atoms with Crippen LogP contribution >= 0.6 is 23.4 Å². The topological polar surface area (TPSA) is 130 Å². The second-order valence-corrected chi connectivity index (χ2v) is 13.7. The first-order chi connectivity index (χ1) is 19.6. The highest BCUT2D eigenvalue weighted by Crippen LogP contribution is 2.47. The molecule has 41 heavy (non-hydrogen) atoms. The van der Waals surface area contributed by atoms with E-state index in [1.807, 2.05) is 13.8 Å². The van der Waals surface area contributed by atoms with Crippen LogP contribution in [0.2, 0.25) is 5.02 Å². The number of carboxylic acid groups (broad SMARTS) is 1. The molecule has 2 aliphatic heterocycles. The molecule has 6 rings (SSSR count). The van der Waals surface area contributed by atoms with Crippen LogP contribution in [0.3, 0.4) is 0 Å². The fraction of sp³-hybridized carbons (Fsp3) is 0.655. The molecule has 2 aromatic heterocycles. The average molecular weight is 604 g/mol. The molecular formula is C29H38ClN5O5S. The van der Waals surface area contributed by atoms with Gasteiger partial charge in [0.1, 0.15) is 17.5 Å². The highest BCUT2D eigenvalue weighted by Gasteiger charge is 2.49. The smallest absolute Gasteiger partial charge is 0.308 e. The number of thioether (sulfide) groups is 1. The molecule has 3 fully saturated rings. The van der Waals surface area contributed by atoms with Crippen molar-refractivity contribution in [1.82, 2.24) is 24.8 Å². The number of fused-ring (bicyclic) bond motifs is 2. The van der Waals surface area contributed by atoms with Crippen molar-refractivity contribution in [2.45, 2.75) is 94.3 Å². The minimum Gasteiger partial charge on any atom is -0.481 e. The first-order valence-corrected chi connectivity index (χ1v) is 16.0. The second kappa shape index (κ2) is 11.4. The van der Waals surface area contributed by atoms with Gasteiger partial charge in [-0.1, -0.05) is 11.6 Å². The van der Waals surface area contributed by atoms with Gasteiger partial charge in [-0.2, -0.15) is 11.8 Å². The van der Waals surface area contributed by atoms with Gasteiger partial charge in [0, 0.05) is 52.2 Å². The zero-order valence-corrected chi connectivity index (χ0v) is 25.3. The third kappa shape index (κ3) is 5.58. The summed E-state index contributed by atoms with van der Waals surface area (Å²) < 4.78 is 7.86. The fourth-order valence-corrected chi connectivity index (χ4v) is 8.92. The molecule has 0 amide bonds. The minimum absolute atomic E-state index is 0.00745. The maximum absolute atomic E-state index is 13.6. The number of hydrogen-bond donors (Lipinski definition) is 3. The Morgan fingerprint density at radius 3 is 2.80 bits per heavy atom. The molecule has 0 radical (unpaired) electrons. The van der Waals surface area contributed by atoms with E-state index in [1.54, 1.807) is 22.4 Å². The number of aromatic amines is 1. The Balaban J connectivity index is 1.22. The molecule has 10 nitrogen and oxygen atoms in total. The lowest BCUT2D eigenvalue weighted by Crippen LogP contribution is -2.53. The maximum Gasteiger partial charge on any atom is 0.308 e. The number of carboxylic acids is 1. The van der Waals surface area contributed by atoms with Crippen molar-refractivity contribution in [3.63, 3.8) is 0 Å². The highest BCUT2D eigenvalue weighted by atomic mass is 35.5. The van der Waals surface area contributed by atoms with Gasteiger partial charge in [0.2, 0.25) is 0 Å². The maximum atomic E-state index is 13.6. The Morgan fingerprint density at radius 1 is 1.29 bits per heavy atom. The summed E-state index contributed by atoms with van der Waals surface area (Å²) in [4.78, 5) is 48.0. The molecular weight excluding hydrogens is 566 g/mol. The molecule has 2 aliphatic carbocycles. The number of likely N-dealkylation sites (N-methyl/N-ethyl adjacent to an activating group) is 1. The minimum atomic E-state index is -0.800. The number of aromatic nitrogens is 3. The van der Waals surface area contributed by atoms with Gasteiger partial charge in [-0.05, 0) is 65.5 Å². The first-order valence-electron chi connectivity index (χ1n) is 14.6. The third-order valence-electron chi connectivity index (χ3n) is 9.40. The summed E-state index contributed by atoms with van der Waals surface area (Å²) in [6.07, 6.45) is 5.78. The van der Waals surface area contributed by atoms with Crippen molar-refractivity contribution in [2.24, 2.45) is 5.92 Å². The van der Waals surface area contributed by atoms with Gasteiger partial charge in [0.25, 0.3) is 11.1 Å². The van der Waals surface area contributed by atoms with Crippen LogP contribution in [0.5, 0.6) is 5.88 Å². The molecule has 1 saturated carbocycles. The van der Waals surface area contributed by atoms with Crippen LogP contribution in [-0.2, 0) is 24.2 Å². The molecule has 222 valence electrons. The number of carbonyl (C=O) groups is 1. The van der Waals surface area contributed by atoms with E-state index in [4.69, 9.17) is 21.3 Å². The number of pyridine rings is 1. The standard InChI is InChI=1S/C29H38ClN5O5S/c1-14-10-18(25-24(31-14)21(13-41-25)29(38)39)19-12-22(30)26(36)33-27(19)40-9-8-35-15(2)32-23-7-6-17(11-20(23)28(35)37)34(3)16-4-5-16/h12,14,16-18,21,24-25,31H,4-11,13H2,1-3H3,(H,33,36)(H,38,39)/t14?,17-,18?,21?,24?,25?/m0/s1. The summed E-state index contributed by atoms with van der Waals surface area (Å²) in [6, 6.07) is 2.57. The van der Waals surface area contributed by atoms with E-state index >= 15 is 0 Å². The molecule has 4 aliphatic rings. The Hall–Kier alpha value is -2.34. The zero-order chi connectivity index (χ0) is 29.0. The van der Waals surface area contributed by atoms with Gasteiger partial charge in [-0.25, -0.2) is 4.98 Å². The molecule has 3 N–H and O–H groups in total. The van der Waals surface area contributed by atoms with E-state index in [0.717, 1.165) is 42.5 Å². The lowest BCUT2D eigenvalue weighted by Gasteiger charge is -2.39. The second-order valence-electron chi connectivity index (χ2n) is 12.1. The average Bonchev–Trinajstić information content (AvgIpc) is 3.70. The van der Waals surface area contributed by atoms with E-state index in [1.165, 1.54) is 12.8 Å². The van der Waals surface area contributed by atoms with Crippen LogP contribution in [0.1, 0.15) is 61.2 Å². The Kier molecular flexibility index (Phi) is 7.99. The molecule has 0 spiro atoms. The van der Waals surface area contributed by atoms with Crippen molar-refractivity contribution < 1.29 is 14.6 Å². The zero-order valence-electron chi connectivity index (χ0n) is 23.7. The van der Waals surface area contributed by atoms with Gasteiger partial charge in [0.05, 0.1) is 18.2 Å². The van der Waals surface area contributed by atoms with Gasteiger partial charge in [-0.3, -0.25) is 23.9 Å². The van der Waals surface area contributed by atoms with Crippen molar-refractivity contribution in [3.05, 3.63) is 54.4 Å². The number of ether oxygens (including phenoxy) is 1. The molecule has 4 heterocycles. The van der Waals surface area contributed by atoms with E-state index in [-0.39, 0.29) is 40.4 Å². The number of aliphatic carboxylic acids is 1. The lowest BCUT2D eigenvalue weighted by atomic mass is 9.79. The van der Waals surface area contributed by atoms with Crippen molar-refractivity contribution in [2.75, 3.05) is 19.4 Å². The lowest BCUT2D eigenvalue weighted by molar-refractivity contribution is -0.141. The fourth-order valence-electron chi connectivity index (χ4n) is 7.01. The monoisotopic (exact) mass is 603 g/mol.